The molecule has 0 aromatic heterocycles. The summed E-state index contributed by atoms with van der Waals surface area (Å²) in [6.07, 6.45) is -0.649. The molecule has 0 fully saturated rings. The summed E-state index contributed by atoms with van der Waals surface area (Å²) in [6, 6.07) is 10.1. The predicted molar refractivity (Wildman–Crippen MR) is 93.8 cm³/mol. The minimum Gasteiger partial charge on any atom is -0.479 e. The number of benzene rings is 2. The molecule has 2 aromatic rings. The van der Waals surface area contributed by atoms with E-state index in [1.807, 2.05) is 0 Å². The molecule has 1 aliphatic rings. The summed E-state index contributed by atoms with van der Waals surface area (Å²) in [7, 11) is -2.70. The second-order valence-electron chi connectivity index (χ2n) is 5.59. The number of anilines is 2. The van der Waals surface area contributed by atoms with Crippen molar-refractivity contribution in [1.29, 1.82) is 0 Å². The molecule has 1 unspecified atom stereocenters. The molecule has 2 N–H and O–H groups in total. The van der Waals surface area contributed by atoms with E-state index in [0.717, 1.165) is 0 Å². The van der Waals surface area contributed by atoms with E-state index >= 15 is 0 Å². The highest BCUT2D eigenvalue weighted by Gasteiger charge is 2.25. The van der Waals surface area contributed by atoms with Crippen molar-refractivity contribution in [1.82, 2.24) is 0 Å². The van der Waals surface area contributed by atoms with Gasteiger partial charge in [-0.15, -0.1) is 0 Å². The average molecular weight is 376 g/mol. The lowest BCUT2D eigenvalue weighted by atomic mass is 10.2. The number of carbonyl (C=O) groups excluding carboxylic acids is 2. The Kier molecular flexibility index (Phi) is 4.56. The first-order valence-electron chi connectivity index (χ1n) is 7.63. The second kappa shape index (κ2) is 6.68. The van der Waals surface area contributed by atoms with Crippen LogP contribution in [0.25, 0.3) is 0 Å². The van der Waals surface area contributed by atoms with Gasteiger partial charge in [0.25, 0.3) is 15.9 Å². The van der Waals surface area contributed by atoms with Crippen molar-refractivity contribution >= 4 is 33.3 Å². The first kappa shape index (κ1) is 17.7. The highest BCUT2D eigenvalue weighted by Crippen LogP contribution is 2.32. The molecule has 3 rings (SSSR count). The number of ether oxygens (including phenoxy) is 2. The number of methoxy groups -OCH3 is 1. The standard InChI is InChI=1S/C17H16N2O6S/c1-10-16(20)18-14-9-13(6-7-15(14)25-10)26(22,23)19-12-5-3-4-11(8-12)17(21)24-2/h3-10,19H,1-2H3,(H,18,20). The molecule has 9 heteroatoms. The third-order valence-corrected chi connectivity index (χ3v) is 5.11. The smallest absolute Gasteiger partial charge is 0.337 e. The SMILES string of the molecule is COC(=O)c1cccc(NS(=O)(=O)c2ccc3c(c2)NC(=O)C(C)O3)c1. The van der Waals surface area contributed by atoms with Gasteiger partial charge in [0.05, 0.1) is 23.3 Å². The Morgan fingerprint density at radius 1 is 1.23 bits per heavy atom. The third-order valence-electron chi connectivity index (χ3n) is 3.73. The van der Waals surface area contributed by atoms with Crippen LogP contribution in [0, 0.1) is 0 Å². The Hall–Kier alpha value is -3.07. The van der Waals surface area contributed by atoms with Gasteiger partial charge >= 0.3 is 5.97 Å². The highest BCUT2D eigenvalue weighted by molar-refractivity contribution is 7.92. The van der Waals surface area contributed by atoms with Crippen LogP contribution in [0.4, 0.5) is 11.4 Å². The Morgan fingerprint density at radius 2 is 2.00 bits per heavy atom. The van der Waals surface area contributed by atoms with Crippen LogP contribution in [-0.2, 0) is 19.6 Å². The van der Waals surface area contributed by atoms with Crippen molar-refractivity contribution in [2.45, 2.75) is 17.9 Å². The molecule has 2 aromatic carbocycles. The first-order valence-corrected chi connectivity index (χ1v) is 9.11. The fourth-order valence-electron chi connectivity index (χ4n) is 2.40. The normalized spacial score (nSPS) is 16.1. The van der Waals surface area contributed by atoms with Crippen molar-refractivity contribution in [2.24, 2.45) is 0 Å². The lowest BCUT2D eigenvalue weighted by Crippen LogP contribution is -2.34. The van der Waals surface area contributed by atoms with Crippen LogP contribution >= 0.6 is 0 Å². The Balaban J connectivity index is 1.89. The summed E-state index contributed by atoms with van der Waals surface area (Å²) in [5.41, 5.74) is 0.701. The minimum absolute atomic E-state index is 0.0572. The van der Waals surface area contributed by atoms with Crippen LogP contribution in [0.5, 0.6) is 5.75 Å². The number of sulfonamides is 1. The Labute approximate surface area is 150 Å². The van der Waals surface area contributed by atoms with Gasteiger partial charge in [0, 0.05) is 5.69 Å². The number of amides is 1. The Bertz CT molecular complexity index is 986. The molecule has 0 radical (unpaired) electrons. The lowest BCUT2D eigenvalue weighted by Gasteiger charge is -2.23. The summed E-state index contributed by atoms with van der Waals surface area (Å²) in [5, 5.41) is 2.60. The number of nitrogens with one attached hydrogen (secondary N) is 2. The van der Waals surface area contributed by atoms with Gasteiger partial charge < -0.3 is 14.8 Å². The van der Waals surface area contributed by atoms with E-state index in [1.54, 1.807) is 6.92 Å². The molecule has 1 aliphatic heterocycles. The van der Waals surface area contributed by atoms with Crippen LogP contribution < -0.4 is 14.8 Å². The molecule has 0 bridgehead atoms. The third kappa shape index (κ3) is 3.47. The summed E-state index contributed by atoms with van der Waals surface area (Å²) >= 11 is 0. The Morgan fingerprint density at radius 3 is 2.73 bits per heavy atom. The van der Waals surface area contributed by atoms with Gasteiger partial charge in [0.15, 0.2) is 6.10 Å². The number of rotatable bonds is 4. The molecule has 1 amide bonds. The van der Waals surface area contributed by atoms with Crippen LogP contribution in [-0.4, -0.2) is 33.5 Å². The van der Waals surface area contributed by atoms with E-state index in [2.05, 4.69) is 14.8 Å². The molecule has 0 aliphatic carbocycles. The maximum atomic E-state index is 12.6. The zero-order chi connectivity index (χ0) is 18.9. The van der Waals surface area contributed by atoms with E-state index < -0.39 is 22.1 Å². The van der Waals surface area contributed by atoms with Crippen molar-refractivity contribution < 1.29 is 27.5 Å². The van der Waals surface area contributed by atoms with E-state index in [0.29, 0.717) is 5.75 Å². The zero-order valence-corrected chi connectivity index (χ0v) is 14.8. The van der Waals surface area contributed by atoms with Crippen LogP contribution in [0.1, 0.15) is 17.3 Å². The van der Waals surface area contributed by atoms with Crippen molar-refractivity contribution in [3.63, 3.8) is 0 Å². The number of fused-ring (bicyclic) bond motifs is 1. The fraction of sp³-hybridized carbons (Fsp3) is 0.176. The second-order valence-corrected chi connectivity index (χ2v) is 7.27. The predicted octanol–water partition coefficient (Wildman–Crippen LogP) is 1.99. The average Bonchev–Trinajstić information content (AvgIpc) is 2.61. The van der Waals surface area contributed by atoms with E-state index in [9.17, 15) is 18.0 Å². The van der Waals surface area contributed by atoms with E-state index in [-0.39, 0.29) is 27.7 Å². The fourth-order valence-corrected chi connectivity index (χ4v) is 3.47. The molecule has 0 spiro atoms. The van der Waals surface area contributed by atoms with Crippen LogP contribution in [0.15, 0.2) is 47.4 Å². The molecule has 0 saturated heterocycles. The number of esters is 1. The topological polar surface area (TPSA) is 111 Å². The molecule has 0 saturated carbocycles. The molecule has 1 heterocycles. The van der Waals surface area contributed by atoms with Gasteiger partial charge in [-0.25, -0.2) is 13.2 Å². The monoisotopic (exact) mass is 376 g/mol. The van der Waals surface area contributed by atoms with E-state index in [1.165, 1.54) is 49.6 Å². The van der Waals surface area contributed by atoms with Crippen molar-refractivity contribution in [3.8, 4) is 5.75 Å². The molecule has 8 nitrogen and oxygen atoms in total. The molecular formula is C17H16N2O6S. The summed E-state index contributed by atoms with van der Waals surface area (Å²) in [6.45, 7) is 1.60. The summed E-state index contributed by atoms with van der Waals surface area (Å²) < 4.78 is 37.6. The molecular weight excluding hydrogens is 360 g/mol. The minimum atomic E-state index is -3.94. The first-order chi connectivity index (χ1) is 12.3. The van der Waals surface area contributed by atoms with Gasteiger partial charge in [-0.1, -0.05) is 6.07 Å². The summed E-state index contributed by atoms with van der Waals surface area (Å²) in [5.74, 6) is -0.539. The van der Waals surface area contributed by atoms with Crippen LogP contribution in [0.3, 0.4) is 0 Å². The quantitative estimate of drug-likeness (QED) is 0.790. The number of hydrogen-bond acceptors (Lipinski definition) is 6. The number of carbonyl (C=O) groups is 2. The van der Waals surface area contributed by atoms with Gasteiger partial charge in [-0.05, 0) is 43.3 Å². The zero-order valence-electron chi connectivity index (χ0n) is 14.0. The number of hydrogen-bond donors (Lipinski definition) is 2. The van der Waals surface area contributed by atoms with Crippen molar-refractivity contribution in [2.75, 3.05) is 17.1 Å². The largest absolute Gasteiger partial charge is 0.479 e. The van der Waals surface area contributed by atoms with Crippen molar-refractivity contribution in [3.05, 3.63) is 48.0 Å². The molecule has 136 valence electrons. The van der Waals surface area contributed by atoms with Gasteiger partial charge in [-0.3, -0.25) is 9.52 Å². The highest BCUT2D eigenvalue weighted by atomic mass is 32.2. The summed E-state index contributed by atoms with van der Waals surface area (Å²) in [4.78, 5) is 23.2. The maximum Gasteiger partial charge on any atom is 0.337 e. The van der Waals surface area contributed by atoms with Gasteiger partial charge in [0.2, 0.25) is 0 Å². The maximum absolute atomic E-state index is 12.6. The lowest BCUT2D eigenvalue weighted by molar-refractivity contribution is -0.122. The van der Waals surface area contributed by atoms with E-state index in [4.69, 9.17) is 4.74 Å². The molecule has 1 atom stereocenters. The molecule has 26 heavy (non-hydrogen) atoms. The van der Waals surface area contributed by atoms with Crippen LogP contribution in [0.2, 0.25) is 0 Å². The van der Waals surface area contributed by atoms with Gasteiger partial charge in [0.1, 0.15) is 5.75 Å². The van der Waals surface area contributed by atoms with Gasteiger partial charge in [-0.2, -0.15) is 0 Å².